The Labute approximate surface area is 160 Å². The highest BCUT2D eigenvalue weighted by Gasteiger charge is 2.24. The van der Waals surface area contributed by atoms with E-state index in [9.17, 15) is 18.4 Å². The van der Waals surface area contributed by atoms with Crippen LogP contribution in [-0.4, -0.2) is 18.5 Å². The number of nitrogens with one attached hydrogen (secondary N) is 1. The summed E-state index contributed by atoms with van der Waals surface area (Å²) in [7, 11) is 0. The third kappa shape index (κ3) is 4.79. The zero-order chi connectivity index (χ0) is 19.9. The van der Waals surface area contributed by atoms with Crippen molar-refractivity contribution in [3.8, 4) is 0 Å². The first-order valence-electron chi connectivity index (χ1n) is 8.56. The van der Waals surface area contributed by atoms with Gasteiger partial charge >= 0.3 is 5.97 Å². The van der Waals surface area contributed by atoms with Gasteiger partial charge in [-0.3, -0.25) is 9.59 Å². The fourth-order valence-corrected chi connectivity index (χ4v) is 2.75. The number of hydrogen-bond donors (Lipinski definition) is 1. The summed E-state index contributed by atoms with van der Waals surface area (Å²) < 4.78 is 31.3. The molecule has 0 radical (unpaired) electrons. The van der Waals surface area contributed by atoms with Crippen LogP contribution in [0.15, 0.2) is 78.9 Å². The molecule has 6 heteroatoms. The molecule has 142 valence electrons. The van der Waals surface area contributed by atoms with Gasteiger partial charge in [-0.25, -0.2) is 8.78 Å². The fraction of sp³-hybridized carbons (Fsp3) is 0.0909. The zero-order valence-electron chi connectivity index (χ0n) is 14.8. The topological polar surface area (TPSA) is 55.4 Å². The number of amides is 1. The van der Waals surface area contributed by atoms with E-state index in [0.717, 1.165) is 23.3 Å². The molecule has 0 aliphatic rings. The molecule has 4 nitrogen and oxygen atoms in total. The predicted molar refractivity (Wildman–Crippen MR) is 101 cm³/mol. The summed E-state index contributed by atoms with van der Waals surface area (Å²) in [6.45, 7) is -0.548. The van der Waals surface area contributed by atoms with E-state index in [1.165, 1.54) is 6.07 Å². The molecule has 0 saturated carbocycles. The smallest absolute Gasteiger partial charge is 0.318 e. The van der Waals surface area contributed by atoms with Gasteiger partial charge in [-0.1, -0.05) is 60.7 Å². The van der Waals surface area contributed by atoms with Crippen LogP contribution in [0.25, 0.3) is 0 Å². The number of anilines is 1. The van der Waals surface area contributed by atoms with Crippen molar-refractivity contribution >= 4 is 17.6 Å². The monoisotopic (exact) mass is 381 g/mol. The van der Waals surface area contributed by atoms with Gasteiger partial charge in [-0.15, -0.1) is 0 Å². The molecule has 0 fully saturated rings. The summed E-state index contributed by atoms with van der Waals surface area (Å²) in [5.41, 5.74) is 1.54. The third-order valence-electron chi connectivity index (χ3n) is 4.05. The highest BCUT2D eigenvalue weighted by molar-refractivity contribution is 5.93. The maximum Gasteiger partial charge on any atom is 0.318 e. The number of carbonyl (C=O) groups excluding carboxylic acids is 2. The summed E-state index contributed by atoms with van der Waals surface area (Å²) in [6, 6.07) is 21.1. The minimum Gasteiger partial charge on any atom is -0.455 e. The van der Waals surface area contributed by atoms with Crippen molar-refractivity contribution in [3.05, 3.63) is 102 Å². The highest BCUT2D eigenvalue weighted by Crippen LogP contribution is 2.26. The van der Waals surface area contributed by atoms with Gasteiger partial charge in [0.2, 0.25) is 0 Å². The van der Waals surface area contributed by atoms with Crippen LogP contribution >= 0.6 is 0 Å². The standard InChI is InChI=1S/C22H17F2NO3/c23-18-12-11-17(13-19(18)24)25-20(26)14-28-22(27)21(15-7-3-1-4-8-15)16-9-5-2-6-10-16/h1-13,21H,14H2,(H,25,26). The maximum atomic E-state index is 13.2. The lowest BCUT2D eigenvalue weighted by Crippen LogP contribution is -2.24. The molecule has 0 unspecified atom stereocenters. The van der Waals surface area contributed by atoms with Gasteiger partial charge in [0.15, 0.2) is 18.2 Å². The Morgan fingerprint density at radius 1 is 0.821 bits per heavy atom. The van der Waals surface area contributed by atoms with Crippen molar-refractivity contribution in [1.29, 1.82) is 0 Å². The van der Waals surface area contributed by atoms with E-state index >= 15 is 0 Å². The van der Waals surface area contributed by atoms with Gasteiger partial charge < -0.3 is 10.1 Å². The number of rotatable bonds is 6. The minimum absolute atomic E-state index is 0.0719. The number of carbonyl (C=O) groups is 2. The van der Waals surface area contributed by atoms with E-state index in [1.54, 1.807) is 24.3 Å². The first-order chi connectivity index (χ1) is 13.5. The second-order valence-corrected chi connectivity index (χ2v) is 6.04. The van der Waals surface area contributed by atoms with Crippen LogP contribution in [0, 0.1) is 11.6 Å². The van der Waals surface area contributed by atoms with Crippen LogP contribution in [0.4, 0.5) is 14.5 Å². The van der Waals surface area contributed by atoms with Crippen molar-refractivity contribution < 1.29 is 23.1 Å². The Kier molecular flexibility index (Phi) is 6.11. The van der Waals surface area contributed by atoms with E-state index in [1.807, 2.05) is 36.4 Å². The average molecular weight is 381 g/mol. The van der Waals surface area contributed by atoms with E-state index in [4.69, 9.17) is 4.74 Å². The summed E-state index contributed by atoms with van der Waals surface area (Å²) >= 11 is 0. The Hall–Kier alpha value is -3.54. The predicted octanol–water partition coefficient (Wildman–Crippen LogP) is 4.28. The van der Waals surface area contributed by atoms with Gasteiger partial charge in [-0.2, -0.15) is 0 Å². The second-order valence-electron chi connectivity index (χ2n) is 6.04. The van der Waals surface area contributed by atoms with E-state index in [0.29, 0.717) is 0 Å². The Morgan fingerprint density at radius 3 is 1.93 bits per heavy atom. The second kappa shape index (κ2) is 8.90. The highest BCUT2D eigenvalue weighted by atomic mass is 19.2. The molecule has 0 atom stereocenters. The molecular formula is C22H17F2NO3. The quantitative estimate of drug-likeness (QED) is 0.649. The van der Waals surface area contributed by atoms with Crippen LogP contribution < -0.4 is 5.32 Å². The van der Waals surface area contributed by atoms with E-state index in [2.05, 4.69) is 5.32 Å². The van der Waals surface area contributed by atoms with Gasteiger partial charge in [0.25, 0.3) is 5.91 Å². The molecule has 0 saturated heterocycles. The maximum absolute atomic E-state index is 13.2. The van der Waals surface area contributed by atoms with Crippen molar-refractivity contribution in [2.75, 3.05) is 11.9 Å². The number of hydrogen-bond acceptors (Lipinski definition) is 3. The Balaban J connectivity index is 1.68. The molecule has 28 heavy (non-hydrogen) atoms. The van der Waals surface area contributed by atoms with Crippen LogP contribution in [-0.2, 0) is 14.3 Å². The largest absolute Gasteiger partial charge is 0.455 e. The normalized spacial score (nSPS) is 10.5. The molecule has 0 bridgehead atoms. The molecule has 0 aromatic heterocycles. The molecule has 3 aromatic rings. The van der Waals surface area contributed by atoms with E-state index < -0.39 is 36.0 Å². The minimum atomic E-state index is -1.08. The summed E-state index contributed by atoms with van der Waals surface area (Å²) in [4.78, 5) is 24.7. The van der Waals surface area contributed by atoms with Crippen LogP contribution in [0.2, 0.25) is 0 Å². The Bertz CT molecular complexity index is 923. The number of benzene rings is 3. The molecule has 0 spiro atoms. The first kappa shape index (κ1) is 19.2. The summed E-state index contributed by atoms with van der Waals surface area (Å²) in [5.74, 6) is -4.02. The third-order valence-corrected chi connectivity index (χ3v) is 4.05. The lowest BCUT2D eigenvalue weighted by atomic mass is 9.91. The lowest BCUT2D eigenvalue weighted by Gasteiger charge is -2.17. The van der Waals surface area contributed by atoms with Crippen LogP contribution in [0.3, 0.4) is 0 Å². The van der Waals surface area contributed by atoms with Gasteiger partial charge in [0.1, 0.15) is 5.92 Å². The van der Waals surface area contributed by atoms with Crippen molar-refractivity contribution in [2.45, 2.75) is 5.92 Å². The number of esters is 1. The fourth-order valence-electron chi connectivity index (χ4n) is 2.75. The molecule has 3 rings (SSSR count). The van der Waals surface area contributed by atoms with E-state index in [-0.39, 0.29) is 5.69 Å². The Morgan fingerprint density at radius 2 is 1.39 bits per heavy atom. The number of ether oxygens (including phenoxy) is 1. The average Bonchev–Trinajstić information content (AvgIpc) is 2.71. The first-order valence-corrected chi connectivity index (χ1v) is 8.56. The number of halogens is 2. The van der Waals surface area contributed by atoms with Crippen LogP contribution in [0.5, 0.6) is 0 Å². The lowest BCUT2D eigenvalue weighted by molar-refractivity contribution is -0.147. The molecule has 3 aromatic carbocycles. The molecule has 0 aliphatic carbocycles. The van der Waals surface area contributed by atoms with Gasteiger partial charge in [0, 0.05) is 11.8 Å². The van der Waals surface area contributed by atoms with Crippen LogP contribution in [0.1, 0.15) is 17.0 Å². The van der Waals surface area contributed by atoms with Gasteiger partial charge in [-0.05, 0) is 23.3 Å². The summed E-state index contributed by atoms with van der Waals surface area (Å²) in [6.07, 6.45) is 0. The van der Waals surface area contributed by atoms with Crippen molar-refractivity contribution in [1.82, 2.24) is 0 Å². The summed E-state index contributed by atoms with van der Waals surface area (Å²) in [5, 5.41) is 2.36. The molecule has 1 N–H and O–H groups in total. The van der Waals surface area contributed by atoms with Crippen molar-refractivity contribution in [2.24, 2.45) is 0 Å². The zero-order valence-corrected chi connectivity index (χ0v) is 14.8. The van der Waals surface area contributed by atoms with Gasteiger partial charge in [0.05, 0.1) is 0 Å². The molecule has 1 amide bonds. The molecular weight excluding hydrogens is 364 g/mol. The SMILES string of the molecule is O=C(COC(=O)C(c1ccccc1)c1ccccc1)Nc1ccc(F)c(F)c1. The van der Waals surface area contributed by atoms with Crippen molar-refractivity contribution in [3.63, 3.8) is 0 Å². The molecule has 0 heterocycles. The molecule has 0 aliphatic heterocycles.